The zero-order valence-electron chi connectivity index (χ0n) is 10.8. The first kappa shape index (κ1) is 14.6. The fraction of sp³-hybridized carbons (Fsp3) is 0.286. The van der Waals surface area contributed by atoms with Crippen molar-refractivity contribution in [1.29, 1.82) is 0 Å². The maximum Gasteiger partial charge on any atom is 0.339 e. The molecule has 2 N–H and O–H groups in total. The molecule has 0 fully saturated rings. The van der Waals surface area contributed by atoms with E-state index in [1.54, 1.807) is 13.0 Å². The van der Waals surface area contributed by atoms with Crippen molar-refractivity contribution in [3.05, 3.63) is 29.3 Å². The minimum atomic E-state index is -1.10. The number of carboxylic acid groups (broad SMARTS) is 1. The zero-order valence-corrected chi connectivity index (χ0v) is 10.8. The minimum absolute atomic E-state index is 0.0246. The molecule has 0 aromatic heterocycles. The fourth-order valence-corrected chi connectivity index (χ4v) is 1.44. The standard InChI is InChI=1S/C14H15NO4/c1-4-7-15-13(16)10(3)19-12-6-5-9(2)8-11(12)14(17)18/h1,5-6,8,10H,7H2,2-3H3,(H,15,16)(H,17,18). The van der Waals surface area contributed by atoms with Crippen LogP contribution in [0.5, 0.6) is 5.75 Å². The van der Waals surface area contributed by atoms with Crippen molar-refractivity contribution in [2.75, 3.05) is 6.54 Å². The highest BCUT2D eigenvalue weighted by atomic mass is 16.5. The number of aromatic carboxylic acids is 1. The van der Waals surface area contributed by atoms with Crippen LogP contribution in [0.3, 0.4) is 0 Å². The Bertz CT molecular complexity index is 531. The van der Waals surface area contributed by atoms with Crippen molar-refractivity contribution in [2.45, 2.75) is 20.0 Å². The quantitative estimate of drug-likeness (QED) is 0.781. The molecule has 0 saturated heterocycles. The van der Waals surface area contributed by atoms with Gasteiger partial charge in [-0.2, -0.15) is 0 Å². The van der Waals surface area contributed by atoms with Gasteiger partial charge in [-0.25, -0.2) is 4.79 Å². The number of carbonyl (C=O) groups is 2. The van der Waals surface area contributed by atoms with Crippen LogP contribution >= 0.6 is 0 Å². The van der Waals surface area contributed by atoms with E-state index in [1.165, 1.54) is 19.1 Å². The second-order valence-corrected chi connectivity index (χ2v) is 3.99. The number of hydrogen-bond donors (Lipinski definition) is 2. The van der Waals surface area contributed by atoms with Crippen molar-refractivity contribution >= 4 is 11.9 Å². The number of carbonyl (C=O) groups excluding carboxylic acids is 1. The summed E-state index contributed by atoms with van der Waals surface area (Å²) in [4.78, 5) is 22.7. The lowest BCUT2D eigenvalue weighted by Crippen LogP contribution is -2.36. The maximum absolute atomic E-state index is 11.6. The lowest BCUT2D eigenvalue weighted by atomic mass is 10.1. The minimum Gasteiger partial charge on any atom is -0.480 e. The normalized spacial score (nSPS) is 11.2. The van der Waals surface area contributed by atoms with E-state index in [0.717, 1.165) is 5.56 Å². The van der Waals surface area contributed by atoms with Crippen LogP contribution in [0, 0.1) is 19.3 Å². The Hall–Kier alpha value is -2.48. The second kappa shape index (κ2) is 6.45. The van der Waals surface area contributed by atoms with Gasteiger partial charge >= 0.3 is 5.97 Å². The number of ether oxygens (including phenoxy) is 1. The van der Waals surface area contributed by atoms with Crippen LogP contribution in [0.4, 0.5) is 0 Å². The molecule has 5 nitrogen and oxygen atoms in total. The molecular formula is C14H15NO4. The third-order valence-electron chi connectivity index (χ3n) is 2.40. The summed E-state index contributed by atoms with van der Waals surface area (Å²) in [6.45, 7) is 3.41. The van der Waals surface area contributed by atoms with Gasteiger partial charge in [0, 0.05) is 0 Å². The van der Waals surface area contributed by atoms with Crippen LogP contribution in [0.1, 0.15) is 22.8 Å². The summed E-state index contributed by atoms with van der Waals surface area (Å²) in [5.74, 6) is 0.931. The first-order valence-electron chi connectivity index (χ1n) is 5.67. The van der Waals surface area contributed by atoms with Gasteiger partial charge in [-0.05, 0) is 26.0 Å². The Kier molecular flexibility index (Phi) is 4.95. The van der Waals surface area contributed by atoms with E-state index in [0.29, 0.717) is 0 Å². The molecule has 1 atom stereocenters. The van der Waals surface area contributed by atoms with Gasteiger partial charge in [-0.3, -0.25) is 4.79 Å². The molecule has 0 radical (unpaired) electrons. The molecule has 0 aliphatic carbocycles. The molecule has 1 rings (SSSR count). The maximum atomic E-state index is 11.6. The van der Waals surface area contributed by atoms with E-state index in [1.807, 2.05) is 0 Å². The third kappa shape index (κ3) is 4.03. The number of hydrogen-bond acceptors (Lipinski definition) is 3. The summed E-state index contributed by atoms with van der Waals surface area (Å²) < 4.78 is 5.36. The van der Waals surface area contributed by atoms with Crippen molar-refractivity contribution in [2.24, 2.45) is 0 Å². The Labute approximate surface area is 111 Å². The van der Waals surface area contributed by atoms with Gasteiger partial charge in [-0.15, -0.1) is 6.42 Å². The van der Waals surface area contributed by atoms with E-state index < -0.39 is 18.0 Å². The molecule has 0 bridgehead atoms. The third-order valence-corrected chi connectivity index (χ3v) is 2.40. The SMILES string of the molecule is C#CCNC(=O)C(C)Oc1ccc(C)cc1C(=O)O. The Morgan fingerprint density at radius 1 is 1.53 bits per heavy atom. The lowest BCUT2D eigenvalue weighted by molar-refractivity contribution is -0.127. The van der Waals surface area contributed by atoms with Gasteiger partial charge < -0.3 is 15.2 Å². The summed E-state index contributed by atoms with van der Waals surface area (Å²) in [6.07, 6.45) is 4.20. The smallest absolute Gasteiger partial charge is 0.339 e. The predicted molar refractivity (Wildman–Crippen MR) is 70.1 cm³/mol. The summed E-state index contributed by atoms with van der Waals surface area (Å²) in [5.41, 5.74) is 0.825. The van der Waals surface area contributed by atoms with Gasteiger partial charge in [0.25, 0.3) is 5.91 Å². The van der Waals surface area contributed by atoms with Gasteiger partial charge in [0.2, 0.25) is 0 Å². The average molecular weight is 261 g/mol. The Balaban J connectivity index is 2.85. The van der Waals surface area contributed by atoms with E-state index in [4.69, 9.17) is 16.3 Å². The molecule has 1 unspecified atom stereocenters. The Morgan fingerprint density at radius 2 is 2.21 bits per heavy atom. The predicted octanol–water partition coefficient (Wildman–Crippen LogP) is 1.21. The summed E-state index contributed by atoms with van der Waals surface area (Å²) in [6, 6.07) is 4.74. The molecule has 0 aliphatic heterocycles. The number of nitrogens with one attached hydrogen (secondary N) is 1. The zero-order chi connectivity index (χ0) is 14.4. The topological polar surface area (TPSA) is 75.6 Å². The van der Waals surface area contributed by atoms with Crippen LogP contribution < -0.4 is 10.1 Å². The summed E-state index contributed by atoms with van der Waals surface area (Å²) >= 11 is 0. The molecule has 1 amide bonds. The fourth-order valence-electron chi connectivity index (χ4n) is 1.44. The monoisotopic (exact) mass is 261 g/mol. The second-order valence-electron chi connectivity index (χ2n) is 3.99. The van der Waals surface area contributed by atoms with Gasteiger partial charge in [0.15, 0.2) is 6.10 Å². The number of terminal acetylenes is 1. The number of benzene rings is 1. The largest absolute Gasteiger partial charge is 0.480 e. The number of amides is 1. The summed E-state index contributed by atoms with van der Waals surface area (Å²) in [7, 11) is 0. The first-order chi connectivity index (χ1) is 8.95. The van der Waals surface area contributed by atoms with Gasteiger partial charge in [0.05, 0.1) is 6.54 Å². The van der Waals surface area contributed by atoms with Crippen LogP contribution in [-0.4, -0.2) is 29.6 Å². The molecular weight excluding hydrogens is 246 g/mol. The van der Waals surface area contributed by atoms with E-state index in [9.17, 15) is 9.59 Å². The van der Waals surface area contributed by atoms with Crippen LogP contribution in [0.15, 0.2) is 18.2 Å². The van der Waals surface area contributed by atoms with Gasteiger partial charge in [0.1, 0.15) is 11.3 Å². The molecule has 0 heterocycles. The molecule has 0 spiro atoms. The van der Waals surface area contributed by atoms with E-state index >= 15 is 0 Å². The molecule has 0 saturated carbocycles. The first-order valence-corrected chi connectivity index (χ1v) is 5.67. The van der Waals surface area contributed by atoms with E-state index in [2.05, 4.69) is 11.2 Å². The molecule has 5 heteroatoms. The van der Waals surface area contributed by atoms with Crippen LogP contribution in [0.25, 0.3) is 0 Å². The lowest BCUT2D eigenvalue weighted by Gasteiger charge is -2.15. The molecule has 100 valence electrons. The van der Waals surface area contributed by atoms with Gasteiger partial charge in [-0.1, -0.05) is 17.6 Å². The Morgan fingerprint density at radius 3 is 2.79 bits per heavy atom. The molecule has 1 aromatic carbocycles. The highest BCUT2D eigenvalue weighted by molar-refractivity contribution is 5.91. The molecule has 19 heavy (non-hydrogen) atoms. The molecule has 0 aliphatic rings. The highest BCUT2D eigenvalue weighted by Gasteiger charge is 2.18. The number of carboxylic acids is 1. The van der Waals surface area contributed by atoms with Crippen molar-refractivity contribution < 1.29 is 19.4 Å². The average Bonchev–Trinajstić information content (AvgIpc) is 2.37. The molecule has 1 aromatic rings. The summed E-state index contributed by atoms with van der Waals surface area (Å²) in [5, 5.41) is 11.5. The van der Waals surface area contributed by atoms with E-state index in [-0.39, 0.29) is 17.9 Å². The van der Waals surface area contributed by atoms with Crippen LogP contribution in [-0.2, 0) is 4.79 Å². The number of rotatable bonds is 5. The number of aryl methyl sites for hydroxylation is 1. The van der Waals surface area contributed by atoms with Crippen LogP contribution in [0.2, 0.25) is 0 Å². The van der Waals surface area contributed by atoms with Crippen molar-refractivity contribution in [3.8, 4) is 18.1 Å². The van der Waals surface area contributed by atoms with Crippen molar-refractivity contribution in [1.82, 2.24) is 5.32 Å². The highest BCUT2D eigenvalue weighted by Crippen LogP contribution is 2.21. The van der Waals surface area contributed by atoms with Crippen molar-refractivity contribution in [3.63, 3.8) is 0 Å².